The molecule has 0 amide bonds. The van der Waals surface area contributed by atoms with Gasteiger partial charge in [0.25, 0.3) is 0 Å². The van der Waals surface area contributed by atoms with Gasteiger partial charge in [0.1, 0.15) is 12.9 Å². The summed E-state index contributed by atoms with van der Waals surface area (Å²) in [5, 5.41) is 10.9. The van der Waals surface area contributed by atoms with Gasteiger partial charge in [-0.3, -0.25) is 0 Å². The molecule has 1 aliphatic rings. The molecule has 1 saturated heterocycles. The molecule has 0 unspecified atom stereocenters. The van der Waals surface area contributed by atoms with E-state index in [9.17, 15) is 9.90 Å². The van der Waals surface area contributed by atoms with Crippen LogP contribution >= 0.6 is 0 Å². The lowest BCUT2D eigenvalue weighted by atomic mass is 9.87. The highest BCUT2D eigenvalue weighted by Crippen LogP contribution is 2.38. The van der Waals surface area contributed by atoms with Crippen LogP contribution in [0.1, 0.15) is 47.0 Å². The molecule has 0 radical (unpaired) electrons. The van der Waals surface area contributed by atoms with Crippen molar-refractivity contribution in [2.75, 3.05) is 20.5 Å². The number of unbranched alkanes of at least 4 members (excludes halogenated alkanes) is 1. The average Bonchev–Trinajstić information content (AvgIpc) is 2.87. The zero-order valence-corrected chi connectivity index (χ0v) is 19.0. The maximum atomic E-state index is 12.2. The Morgan fingerprint density at radius 2 is 1.96 bits per heavy atom. The lowest BCUT2D eigenvalue weighted by Crippen LogP contribution is -2.46. The fourth-order valence-electron chi connectivity index (χ4n) is 2.88. The van der Waals surface area contributed by atoms with E-state index in [1.807, 2.05) is 0 Å². The molecular weight excluding hydrogens is 364 g/mol. The van der Waals surface area contributed by atoms with Gasteiger partial charge in [0, 0.05) is 12.7 Å². The summed E-state index contributed by atoms with van der Waals surface area (Å²) < 4.78 is 22.5. The second-order valence-corrected chi connectivity index (χ2v) is 13.6. The molecule has 0 bridgehead atoms. The molecule has 158 valence electrons. The quantitative estimate of drug-likeness (QED) is 0.246. The van der Waals surface area contributed by atoms with Crippen molar-refractivity contribution < 1.29 is 28.5 Å². The maximum Gasteiger partial charge on any atom is 0.334 e. The fraction of sp³-hybridized carbons (Fsp3) is 0.850. The number of rotatable bonds is 11. The third kappa shape index (κ3) is 6.39. The summed E-state index contributed by atoms with van der Waals surface area (Å²) in [6.07, 6.45) is 0.842. The van der Waals surface area contributed by atoms with Gasteiger partial charge >= 0.3 is 5.97 Å². The lowest BCUT2D eigenvalue weighted by Gasteiger charge is -2.37. The highest BCUT2D eigenvalue weighted by Gasteiger charge is 2.48. The second kappa shape index (κ2) is 10.2. The normalized spacial score (nSPS) is 23.4. The van der Waals surface area contributed by atoms with E-state index >= 15 is 0 Å². The molecule has 0 aromatic rings. The van der Waals surface area contributed by atoms with Gasteiger partial charge in [-0.2, -0.15) is 0 Å². The van der Waals surface area contributed by atoms with Gasteiger partial charge in [0.2, 0.25) is 0 Å². The Bertz CT molecular complexity index is 491. The Labute approximate surface area is 165 Å². The summed E-state index contributed by atoms with van der Waals surface area (Å²) in [7, 11) is -0.464. The first-order valence-electron chi connectivity index (χ1n) is 9.78. The number of aliphatic hydroxyl groups is 1. The van der Waals surface area contributed by atoms with Crippen molar-refractivity contribution in [3.63, 3.8) is 0 Å². The fourth-order valence-corrected chi connectivity index (χ4v) is 3.90. The van der Waals surface area contributed by atoms with Gasteiger partial charge in [-0.1, -0.05) is 47.1 Å². The lowest BCUT2D eigenvalue weighted by molar-refractivity contribution is -0.159. The molecule has 6 nitrogen and oxygen atoms in total. The Kier molecular flexibility index (Phi) is 9.15. The predicted molar refractivity (Wildman–Crippen MR) is 108 cm³/mol. The van der Waals surface area contributed by atoms with E-state index in [0.717, 1.165) is 19.3 Å². The number of carbonyl (C=O) groups is 1. The number of hydrogen-bond donors (Lipinski definition) is 1. The first-order chi connectivity index (χ1) is 12.5. The number of cyclic esters (lactones) is 1. The third-order valence-corrected chi connectivity index (χ3v) is 10.2. The number of esters is 1. The number of ether oxygens (including phenoxy) is 3. The van der Waals surface area contributed by atoms with Gasteiger partial charge in [0.05, 0.1) is 24.7 Å². The summed E-state index contributed by atoms with van der Waals surface area (Å²) in [5.74, 6) is -1.01. The summed E-state index contributed by atoms with van der Waals surface area (Å²) in [6, 6.07) is 0. The van der Waals surface area contributed by atoms with E-state index < -0.39 is 32.4 Å². The van der Waals surface area contributed by atoms with Crippen LogP contribution in [0.3, 0.4) is 0 Å². The minimum absolute atomic E-state index is 0.0381. The van der Waals surface area contributed by atoms with Gasteiger partial charge < -0.3 is 23.7 Å². The summed E-state index contributed by atoms with van der Waals surface area (Å²) in [4.78, 5) is 12.2. The minimum atomic E-state index is -2.02. The number of aliphatic hydroxyl groups excluding tert-OH is 1. The van der Waals surface area contributed by atoms with Gasteiger partial charge in [-0.05, 0) is 24.6 Å². The van der Waals surface area contributed by atoms with E-state index in [0.29, 0.717) is 0 Å². The summed E-state index contributed by atoms with van der Waals surface area (Å²) in [5.41, 5.74) is 0.286. The molecular formula is C20H38O6Si. The standard InChI is InChI=1S/C20H38O6Si/c1-9-10-11-16(24-13-23-6)18-17(14(2)19(22)26-18)15(21)12-25-27(7,8)20(3,4)5/h15-18,21H,2,9-13H2,1,3-8H3/t15-,16-,17+,18+/m0/s1. The molecule has 0 spiro atoms. The highest BCUT2D eigenvalue weighted by atomic mass is 28.4. The van der Waals surface area contributed by atoms with E-state index in [1.54, 1.807) is 7.11 Å². The van der Waals surface area contributed by atoms with E-state index in [2.05, 4.69) is 47.4 Å². The zero-order chi connectivity index (χ0) is 20.8. The minimum Gasteiger partial charge on any atom is -0.455 e. The van der Waals surface area contributed by atoms with Crippen molar-refractivity contribution in [2.24, 2.45) is 5.92 Å². The first-order valence-corrected chi connectivity index (χ1v) is 12.7. The molecule has 1 rings (SSSR count). The highest BCUT2D eigenvalue weighted by molar-refractivity contribution is 6.74. The molecule has 0 aromatic carbocycles. The predicted octanol–water partition coefficient (Wildman–Crippen LogP) is 3.65. The van der Waals surface area contributed by atoms with Crippen LogP contribution in [-0.2, 0) is 23.4 Å². The van der Waals surface area contributed by atoms with Gasteiger partial charge in [-0.15, -0.1) is 0 Å². The second-order valence-electron chi connectivity index (χ2n) is 8.81. The topological polar surface area (TPSA) is 74.2 Å². The molecule has 0 aromatic heterocycles. The van der Waals surface area contributed by atoms with E-state index in [1.165, 1.54) is 0 Å². The van der Waals surface area contributed by atoms with Crippen molar-refractivity contribution in [3.8, 4) is 0 Å². The third-order valence-electron chi connectivity index (χ3n) is 5.71. The molecule has 0 aliphatic carbocycles. The molecule has 0 saturated carbocycles. The van der Waals surface area contributed by atoms with E-state index in [4.69, 9.17) is 18.6 Å². The van der Waals surface area contributed by atoms with Crippen LogP contribution in [0.5, 0.6) is 0 Å². The maximum absolute atomic E-state index is 12.2. The van der Waals surface area contributed by atoms with Crippen LogP contribution in [0.4, 0.5) is 0 Å². The molecule has 7 heteroatoms. The van der Waals surface area contributed by atoms with Crippen LogP contribution in [0.25, 0.3) is 0 Å². The molecule has 1 fully saturated rings. The van der Waals surface area contributed by atoms with Crippen LogP contribution < -0.4 is 0 Å². The number of hydrogen-bond acceptors (Lipinski definition) is 6. The molecule has 1 heterocycles. The van der Waals surface area contributed by atoms with Crippen molar-refractivity contribution in [1.29, 1.82) is 0 Å². The molecule has 1 aliphatic heterocycles. The van der Waals surface area contributed by atoms with Crippen LogP contribution in [-0.4, -0.2) is 58.2 Å². The summed E-state index contributed by atoms with van der Waals surface area (Å²) in [6.45, 7) is 16.9. The molecule has 4 atom stereocenters. The van der Waals surface area contributed by atoms with Crippen molar-refractivity contribution in [3.05, 3.63) is 12.2 Å². The number of methoxy groups -OCH3 is 1. The van der Waals surface area contributed by atoms with Crippen LogP contribution in [0.2, 0.25) is 18.1 Å². The first kappa shape index (κ1) is 24.3. The summed E-state index contributed by atoms with van der Waals surface area (Å²) >= 11 is 0. The zero-order valence-electron chi connectivity index (χ0n) is 18.0. The largest absolute Gasteiger partial charge is 0.455 e. The van der Waals surface area contributed by atoms with Crippen molar-refractivity contribution in [1.82, 2.24) is 0 Å². The average molecular weight is 403 g/mol. The SMILES string of the molecule is C=C1C(=O)O[C@H]([C@H](CCCC)OCOC)[C@H]1[C@@H](O)CO[Si](C)(C)C(C)(C)C. The Morgan fingerprint density at radius 1 is 1.33 bits per heavy atom. The van der Waals surface area contributed by atoms with Crippen LogP contribution in [0.15, 0.2) is 12.2 Å². The van der Waals surface area contributed by atoms with Crippen molar-refractivity contribution >= 4 is 14.3 Å². The molecule has 1 N–H and O–H groups in total. The van der Waals surface area contributed by atoms with E-state index in [-0.39, 0.29) is 30.1 Å². The van der Waals surface area contributed by atoms with Crippen molar-refractivity contribution in [2.45, 2.75) is 83.4 Å². The Morgan fingerprint density at radius 3 is 2.48 bits per heavy atom. The van der Waals surface area contributed by atoms with Gasteiger partial charge in [-0.25, -0.2) is 4.79 Å². The Hall–Kier alpha value is -0.733. The monoisotopic (exact) mass is 402 g/mol. The number of carbonyl (C=O) groups excluding carboxylic acids is 1. The smallest absolute Gasteiger partial charge is 0.334 e. The van der Waals surface area contributed by atoms with Gasteiger partial charge in [0.15, 0.2) is 8.32 Å². The molecule has 27 heavy (non-hydrogen) atoms. The Balaban J connectivity index is 2.91. The van der Waals surface area contributed by atoms with Crippen LogP contribution in [0, 0.1) is 5.92 Å².